The van der Waals surface area contributed by atoms with Crippen LogP contribution >= 0.6 is 35.8 Å². The molecule has 1 fully saturated rings. The largest absolute Gasteiger partial charge is 0.378 e. The Bertz CT molecular complexity index is 669. The minimum atomic E-state index is -0.408. The molecule has 0 aromatic heterocycles. The number of likely N-dealkylation sites (tertiary alicyclic amines) is 1. The number of carbonyl (C=O) groups excluding carboxylic acids is 2. The number of piperidine rings is 1. The number of halogens is 2. The number of nitrogens with one attached hydrogen (secondary N) is 1. The molecule has 0 radical (unpaired) electrons. The molecule has 1 saturated heterocycles. The van der Waals surface area contributed by atoms with Crippen LogP contribution in [0.15, 0.2) is 23.1 Å². The molecule has 3 N–H and O–H groups in total. The number of thioether (sulfide) groups is 1. The Morgan fingerprint density at radius 3 is 2.81 bits per heavy atom. The van der Waals surface area contributed by atoms with Gasteiger partial charge >= 0.3 is 0 Å². The van der Waals surface area contributed by atoms with Crippen molar-refractivity contribution in [1.29, 1.82) is 0 Å². The van der Waals surface area contributed by atoms with Crippen LogP contribution in [0.3, 0.4) is 0 Å². The number of nitrogens with two attached hydrogens (primary N) is 1. The van der Waals surface area contributed by atoms with Crippen molar-refractivity contribution in [3.63, 3.8) is 0 Å². The number of amides is 2. The summed E-state index contributed by atoms with van der Waals surface area (Å²) in [5.74, 6) is -0.117. The summed E-state index contributed by atoms with van der Waals surface area (Å²) in [5, 5.41) is 3.02. The van der Waals surface area contributed by atoms with Gasteiger partial charge in [-0.05, 0) is 44.0 Å². The molecule has 6 nitrogen and oxygen atoms in total. The van der Waals surface area contributed by atoms with E-state index in [0.717, 1.165) is 24.2 Å². The minimum Gasteiger partial charge on any atom is -0.378 e. The van der Waals surface area contributed by atoms with Crippen molar-refractivity contribution in [3.8, 4) is 0 Å². The van der Waals surface area contributed by atoms with Crippen LogP contribution in [-0.4, -0.2) is 54.3 Å². The second-order valence-corrected chi connectivity index (χ2v) is 8.21. The van der Waals surface area contributed by atoms with Gasteiger partial charge in [-0.25, -0.2) is 0 Å². The molecule has 2 aliphatic heterocycles. The Hall–Kier alpha value is -0.990. The molecule has 1 aromatic carbocycles. The summed E-state index contributed by atoms with van der Waals surface area (Å²) >= 11 is 7.39. The maximum Gasteiger partial charge on any atom is 0.238 e. The van der Waals surface area contributed by atoms with Crippen LogP contribution in [0.4, 0.5) is 5.69 Å². The lowest BCUT2D eigenvalue weighted by Gasteiger charge is -2.33. The van der Waals surface area contributed by atoms with Crippen LogP contribution in [0.1, 0.15) is 25.7 Å². The van der Waals surface area contributed by atoms with Crippen LogP contribution in [0, 0.1) is 0 Å². The highest BCUT2D eigenvalue weighted by Gasteiger charge is 2.32. The van der Waals surface area contributed by atoms with Gasteiger partial charge in [-0.15, -0.1) is 24.2 Å². The third kappa shape index (κ3) is 5.99. The summed E-state index contributed by atoms with van der Waals surface area (Å²) < 4.78 is 5.77. The number of fused-ring (bicyclic) bond motifs is 1. The van der Waals surface area contributed by atoms with Crippen LogP contribution in [0.25, 0.3) is 0 Å². The maximum absolute atomic E-state index is 12.6. The van der Waals surface area contributed by atoms with Crippen LogP contribution in [0.2, 0.25) is 5.02 Å². The normalized spacial score (nSPS) is 19.9. The molecular formula is C18H25Cl2N3O3S. The smallest absolute Gasteiger partial charge is 0.238 e. The number of hydrogen-bond donors (Lipinski definition) is 2. The number of benzene rings is 1. The van der Waals surface area contributed by atoms with Gasteiger partial charge in [-0.2, -0.15) is 0 Å². The Kier molecular flexibility index (Phi) is 8.69. The number of hydrogen-bond acceptors (Lipinski definition) is 5. The van der Waals surface area contributed by atoms with Gasteiger partial charge < -0.3 is 20.7 Å². The van der Waals surface area contributed by atoms with Crippen molar-refractivity contribution in [2.45, 2.75) is 41.9 Å². The molecule has 0 saturated carbocycles. The topological polar surface area (TPSA) is 84.7 Å². The molecule has 9 heteroatoms. The Morgan fingerprint density at radius 1 is 1.37 bits per heavy atom. The first-order valence-corrected chi connectivity index (χ1v) is 10.2. The van der Waals surface area contributed by atoms with Crippen LogP contribution in [0.5, 0.6) is 0 Å². The predicted octanol–water partition coefficient (Wildman–Crippen LogP) is 2.92. The fourth-order valence-corrected chi connectivity index (χ4v) is 4.40. The van der Waals surface area contributed by atoms with Gasteiger partial charge in [-0.3, -0.25) is 9.59 Å². The van der Waals surface area contributed by atoms with Crippen molar-refractivity contribution in [2.24, 2.45) is 5.73 Å². The van der Waals surface area contributed by atoms with E-state index in [4.69, 9.17) is 22.1 Å². The SMILES string of the molecule is Cl.NCCCOC1CCN(C(=O)CC2Sc3ccc(Cl)cc3NC2=O)CC1. The lowest BCUT2D eigenvalue weighted by molar-refractivity contribution is -0.135. The molecule has 0 aliphatic carbocycles. The number of rotatable bonds is 6. The van der Waals surface area contributed by atoms with Crippen molar-refractivity contribution >= 4 is 53.3 Å². The molecule has 1 aromatic rings. The minimum absolute atomic E-state index is 0. The highest BCUT2D eigenvalue weighted by atomic mass is 35.5. The van der Waals surface area contributed by atoms with E-state index in [2.05, 4.69) is 5.32 Å². The molecule has 2 amide bonds. The average Bonchev–Trinajstić information content (AvgIpc) is 2.63. The van der Waals surface area contributed by atoms with Gasteiger partial charge in [0.15, 0.2) is 0 Å². The van der Waals surface area contributed by atoms with Gasteiger partial charge in [0.2, 0.25) is 11.8 Å². The fourth-order valence-electron chi connectivity index (χ4n) is 3.15. The van der Waals surface area contributed by atoms with E-state index in [-0.39, 0.29) is 36.7 Å². The summed E-state index contributed by atoms with van der Waals surface area (Å²) in [6.07, 6.45) is 2.94. The quantitative estimate of drug-likeness (QED) is 0.673. The number of anilines is 1. The second kappa shape index (κ2) is 10.5. The Labute approximate surface area is 174 Å². The zero-order valence-electron chi connectivity index (χ0n) is 15.0. The van der Waals surface area contributed by atoms with E-state index < -0.39 is 5.25 Å². The molecule has 1 unspecified atom stereocenters. The van der Waals surface area contributed by atoms with Crippen molar-refractivity contribution in [2.75, 3.05) is 31.6 Å². The Balaban J connectivity index is 0.00000261. The third-order valence-electron chi connectivity index (χ3n) is 4.62. The molecule has 1 atom stereocenters. The summed E-state index contributed by atoms with van der Waals surface area (Å²) in [6, 6.07) is 5.40. The Morgan fingerprint density at radius 2 is 2.11 bits per heavy atom. The molecule has 27 heavy (non-hydrogen) atoms. The summed E-state index contributed by atoms with van der Waals surface area (Å²) in [5.41, 5.74) is 6.18. The number of nitrogens with zero attached hydrogens (tertiary/aromatic N) is 1. The van der Waals surface area contributed by atoms with E-state index in [9.17, 15) is 9.59 Å². The van der Waals surface area contributed by atoms with Crippen LogP contribution < -0.4 is 11.1 Å². The second-order valence-electron chi connectivity index (χ2n) is 6.53. The van der Waals surface area contributed by atoms with Crippen molar-refractivity contribution in [3.05, 3.63) is 23.2 Å². The summed E-state index contributed by atoms with van der Waals surface area (Å²) in [4.78, 5) is 27.7. The summed E-state index contributed by atoms with van der Waals surface area (Å²) in [6.45, 7) is 2.67. The zero-order chi connectivity index (χ0) is 18.5. The van der Waals surface area contributed by atoms with E-state index in [0.29, 0.717) is 37.0 Å². The monoisotopic (exact) mass is 433 g/mol. The summed E-state index contributed by atoms with van der Waals surface area (Å²) in [7, 11) is 0. The molecule has 2 heterocycles. The van der Waals surface area contributed by atoms with Gasteiger partial charge in [0.25, 0.3) is 0 Å². The average molecular weight is 434 g/mol. The van der Waals surface area contributed by atoms with E-state index >= 15 is 0 Å². The first-order valence-electron chi connectivity index (χ1n) is 8.93. The van der Waals surface area contributed by atoms with Crippen molar-refractivity contribution in [1.82, 2.24) is 4.90 Å². The first kappa shape index (κ1) is 22.3. The molecule has 2 aliphatic rings. The van der Waals surface area contributed by atoms with E-state index in [1.54, 1.807) is 12.1 Å². The molecule has 150 valence electrons. The van der Waals surface area contributed by atoms with E-state index in [1.807, 2.05) is 11.0 Å². The van der Waals surface area contributed by atoms with Crippen molar-refractivity contribution < 1.29 is 14.3 Å². The molecule has 3 rings (SSSR count). The third-order valence-corrected chi connectivity index (χ3v) is 6.13. The fraction of sp³-hybridized carbons (Fsp3) is 0.556. The van der Waals surface area contributed by atoms with E-state index in [1.165, 1.54) is 11.8 Å². The van der Waals surface area contributed by atoms with Gasteiger partial charge in [0, 0.05) is 36.0 Å². The lowest BCUT2D eigenvalue weighted by Crippen LogP contribution is -2.43. The highest BCUT2D eigenvalue weighted by molar-refractivity contribution is 8.01. The number of carbonyl (C=O) groups is 2. The van der Waals surface area contributed by atoms with Crippen LogP contribution in [-0.2, 0) is 14.3 Å². The predicted molar refractivity (Wildman–Crippen MR) is 111 cm³/mol. The molecule has 0 bridgehead atoms. The van der Waals surface area contributed by atoms with Gasteiger partial charge in [-0.1, -0.05) is 11.6 Å². The zero-order valence-corrected chi connectivity index (χ0v) is 17.4. The van der Waals surface area contributed by atoms with Gasteiger partial charge in [0.05, 0.1) is 17.0 Å². The first-order chi connectivity index (χ1) is 12.6. The lowest BCUT2D eigenvalue weighted by atomic mass is 10.1. The maximum atomic E-state index is 12.6. The number of ether oxygens (including phenoxy) is 1. The highest BCUT2D eigenvalue weighted by Crippen LogP contribution is 2.38. The molecule has 0 spiro atoms. The standard InChI is InChI=1S/C18H24ClN3O3S.ClH/c19-12-2-3-15-14(10-12)21-18(24)16(26-15)11-17(23)22-7-4-13(5-8-22)25-9-1-6-20;/h2-3,10,13,16H,1,4-9,11,20H2,(H,21,24);1H. The molecular weight excluding hydrogens is 409 g/mol. The van der Waals surface area contributed by atoms with Gasteiger partial charge in [0.1, 0.15) is 0 Å².